The van der Waals surface area contributed by atoms with Crippen LogP contribution in [0.4, 0.5) is 0 Å². The zero-order valence-corrected chi connectivity index (χ0v) is 13.9. The fraction of sp³-hybridized carbons (Fsp3) is 0.786. The minimum Gasteiger partial charge on any atom is -0.312 e. The Balaban J connectivity index is 1.88. The van der Waals surface area contributed by atoms with Crippen LogP contribution in [0.5, 0.6) is 0 Å². The van der Waals surface area contributed by atoms with Crippen LogP contribution in [-0.2, 0) is 16.6 Å². The molecule has 2 N–H and O–H groups in total. The van der Waals surface area contributed by atoms with Gasteiger partial charge in [-0.3, -0.25) is 4.68 Å². The van der Waals surface area contributed by atoms with Gasteiger partial charge in [-0.1, -0.05) is 20.8 Å². The third kappa shape index (κ3) is 5.09. The first-order valence-electron chi connectivity index (χ1n) is 7.58. The van der Waals surface area contributed by atoms with Gasteiger partial charge >= 0.3 is 0 Å². The van der Waals surface area contributed by atoms with E-state index < -0.39 is 10.0 Å². The summed E-state index contributed by atoms with van der Waals surface area (Å²) in [6.07, 6.45) is 6.42. The van der Waals surface area contributed by atoms with Crippen LogP contribution >= 0.6 is 0 Å². The first-order chi connectivity index (χ1) is 9.82. The summed E-state index contributed by atoms with van der Waals surface area (Å²) in [6, 6.07) is 0.654. The lowest BCUT2D eigenvalue weighted by atomic mass is 9.91. The van der Waals surface area contributed by atoms with Gasteiger partial charge < -0.3 is 5.32 Å². The Labute approximate surface area is 127 Å². The van der Waals surface area contributed by atoms with Crippen LogP contribution in [0.15, 0.2) is 17.3 Å². The van der Waals surface area contributed by atoms with Crippen molar-refractivity contribution >= 4 is 10.0 Å². The van der Waals surface area contributed by atoms with Gasteiger partial charge in [-0.2, -0.15) is 5.10 Å². The number of nitrogens with one attached hydrogen (secondary N) is 2. The monoisotopic (exact) mass is 314 g/mol. The second kappa shape index (κ2) is 6.46. The van der Waals surface area contributed by atoms with Crippen molar-refractivity contribution in [1.29, 1.82) is 0 Å². The average Bonchev–Trinajstić information content (AvgIpc) is 3.12. The van der Waals surface area contributed by atoms with Crippen molar-refractivity contribution in [3.8, 4) is 0 Å². The first-order valence-corrected chi connectivity index (χ1v) is 9.06. The van der Waals surface area contributed by atoms with Crippen LogP contribution in [0.3, 0.4) is 0 Å². The molecule has 7 heteroatoms. The van der Waals surface area contributed by atoms with Gasteiger partial charge in [0.05, 0.1) is 12.7 Å². The van der Waals surface area contributed by atoms with E-state index in [1.807, 2.05) is 13.8 Å². The number of hydrogen-bond donors (Lipinski definition) is 2. The van der Waals surface area contributed by atoms with Gasteiger partial charge in [-0.05, 0) is 24.7 Å². The minimum atomic E-state index is -3.47. The quantitative estimate of drug-likeness (QED) is 0.721. The molecule has 2 rings (SSSR count). The molecule has 0 unspecified atom stereocenters. The number of rotatable bonds is 9. The molecular formula is C14H26N4O2S. The highest BCUT2D eigenvalue weighted by Gasteiger charge is 2.22. The van der Waals surface area contributed by atoms with Gasteiger partial charge in [0.25, 0.3) is 0 Å². The molecule has 21 heavy (non-hydrogen) atoms. The summed E-state index contributed by atoms with van der Waals surface area (Å²) >= 11 is 0. The molecule has 1 saturated carbocycles. The zero-order chi connectivity index (χ0) is 15.5. The normalized spacial score (nSPS) is 16.3. The van der Waals surface area contributed by atoms with Gasteiger partial charge in [0.1, 0.15) is 4.90 Å². The summed E-state index contributed by atoms with van der Waals surface area (Å²) in [5.41, 5.74) is -0.0444. The average molecular weight is 314 g/mol. The van der Waals surface area contributed by atoms with Gasteiger partial charge in [0, 0.05) is 25.3 Å². The van der Waals surface area contributed by atoms with E-state index in [1.165, 1.54) is 19.0 Å². The summed E-state index contributed by atoms with van der Waals surface area (Å²) in [4.78, 5) is 0.237. The van der Waals surface area contributed by atoms with Crippen LogP contribution in [0.1, 0.15) is 40.0 Å². The predicted molar refractivity (Wildman–Crippen MR) is 82.5 cm³/mol. The predicted octanol–water partition coefficient (Wildman–Crippen LogP) is 1.35. The Hall–Kier alpha value is -0.920. The molecule has 0 aromatic carbocycles. The molecular weight excluding hydrogens is 288 g/mol. The van der Waals surface area contributed by atoms with E-state index in [1.54, 1.807) is 10.9 Å². The molecule has 120 valence electrons. The molecule has 0 aliphatic heterocycles. The van der Waals surface area contributed by atoms with Crippen molar-refractivity contribution in [3.63, 3.8) is 0 Å². The van der Waals surface area contributed by atoms with Gasteiger partial charge in [-0.25, -0.2) is 13.1 Å². The van der Waals surface area contributed by atoms with Crippen LogP contribution in [0.2, 0.25) is 0 Å². The number of hydrogen-bond acceptors (Lipinski definition) is 4. The molecule has 1 aliphatic carbocycles. The number of aromatic nitrogens is 2. The van der Waals surface area contributed by atoms with E-state index in [2.05, 4.69) is 22.1 Å². The molecule has 6 nitrogen and oxygen atoms in total. The van der Waals surface area contributed by atoms with Crippen LogP contribution in [-0.4, -0.2) is 37.3 Å². The molecule has 0 bridgehead atoms. The fourth-order valence-electron chi connectivity index (χ4n) is 1.78. The van der Waals surface area contributed by atoms with Gasteiger partial charge in [0.2, 0.25) is 10.0 Å². The molecule has 0 saturated heterocycles. The molecule has 0 atom stereocenters. The molecule has 0 radical (unpaired) electrons. The lowest BCUT2D eigenvalue weighted by Crippen LogP contribution is -2.33. The van der Waals surface area contributed by atoms with Crippen molar-refractivity contribution in [1.82, 2.24) is 19.8 Å². The maximum absolute atomic E-state index is 12.2. The van der Waals surface area contributed by atoms with Crippen molar-refractivity contribution in [2.75, 3.05) is 13.1 Å². The maximum atomic E-state index is 12.2. The zero-order valence-electron chi connectivity index (χ0n) is 13.1. The standard InChI is InChI=1S/C14H26N4O2S/c1-4-14(2,3)11-17-21(19,20)13-9-16-18(10-13)8-7-15-12-5-6-12/h9-10,12,15,17H,4-8,11H2,1-3H3. The second-order valence-electron chi connectivity index (χ2n) is 6.51. The third-order valence-corrected chi connectivity index (χ3v) is 5.32. The molecule has 1 aliphatic rings. The molecule has 0 amide bonds. The van der Waals surface area contributed by atoms with E-state index in [9.17, 15) is 8.42 Å². The largest absolute Gasteiger partial charge is 0.312 e. The highest BCUT2D eigenvalue weighted by molar-refractivity contribution is 7.89. The number of nitrogens with zero attached hydrogens (tertiary/aromatic N) is 2. The van der Waals surface area contributed by atoms with Crippen LogP contribution < -0.4 is 10.0 Å². The minimum absolute atomic E-state index is 0.0444. The Morgan fingerprint density at radius 3 is 2.76 bits per heavy atom. The molecule has 1 heterocycles. The second-order valence-corrected chi connectivity index (χ2v) is 8.28. The SMILES string of the molecule is CCC(C)(C)CNS(=O)(=O)c1cnn(CCNC2CC2)c1. The Bertz CT molecular complexity index is 561. The fourth-order valence-corrected chi connectivity index (χ4v) is 2.97. The van der Waals surface area contributed by atoms with Crippen molar-refractivity contribution in [2.45, 2.75) is 57.5 Å². The third-order valence-electron chi connectivity index (χ3n) is 3.97. The van der Waals surface area contributed by atoms with Crippen LogP contribution in [0, 0.1) is 5.41 Å². The van der Waals surface area contributed by atoms with E-state index in [-0.39, 0.29) is 10.3 Å². The van der Waals surface area contributed by atoms with Gasteiger partial charge in [0.15, 0.2) is 0 Å². The van der Waals surface area contributed by atoms with E-state index in [0.717, 1.165) is 13.0 Å². The van der Waals surface area contributed by atoms with Crippen molar-refractivity contribution in [2.24, 2.45) is 5.41 Å². The topological polar surface area (TPSA) is 76.0 Å². The Morgan fingerprint density at radius 2 is 2.14 bits per heavy atom. The summed E-state index contributed by atoms with van der Waals surface area (Å²) in [5, 5.41) is 7.50. The Kier molecular flexibility index (Phi) is 5.06. The number of sulfonamides is 1. The highest BCUT2D eigenvalue weighted by atomic mass is 32.2. The van der Waals surface area contributed by atoms with E-state index in [0.29, 0.717) is 19.1 Å². The molecule has 1 aromatic rings. The lowest BCUT2D eigenvalue weighted by Gasteiger charge is -2.22. The summed E-state index contributed by atoms with van der Waals surface area (Å²) in [6.45, 7) is 8.08. The molecule has 1 aromatic heterocycles. The van der Waals surface area contributed by atoms with Crippen molar-refractivity contribution < 1.29 is 8.42 Å². The van der Waals surface area contributed by atoms with Crippen LogP contribution in [0.25, 0.3) is 0 Å². The highest BCUT2D eigenvalue weighted by Crippen LogP contribution is 2.19. The lowest BCUT2D eigenvalue weighted by molar-refractivity contribution is 0.350. The van der Waals surface area contributed by atoms with Gasteiger partial charge in [-0.15, -0.1) is 0 Å². The smallest absolute Gasteiger partial charge is 0.243 e. The summed E-state index contributed by atoms with van der Waals surface area (Å²) < 4.78 is 28.8. The van der Waals surface area contributed by atoms with Crippen molar-refractivity contribution in [3.05, 3.63) is 12.4 Å². The first kappa shape index (κ1) is 16.5. The Morgan fingerprint density at radius 1 is 1.43 bits per heavy atom. The summed E-state index contributed by atoms with van der Waals surface area (Å²) in [7, 11) is -3.47. The maximum Gasteiger partial charge on any atom is 0.243 e. The molecule has 1 fully saturated rings. The van der Waals surface area contributed by atoms with E-state index in [4.69, 9.17) is 0 Å². The molecule has 0 spiro atoms. The summed E-state index contributed by atoms with van der Waals surface area (Å²) in [5.74, 6) is 0. The van der Waals surface area contributed by atoms with E-state index >= 15 is 0 Å².